The molecule has 4 rings (SSSR count). The number of hydrogen-bond acceptors (Lipinski definition) is 8. The van der Waals surface area contributed by atoms with Crippen LogP contribution in [0.25, 0.3) is 34.2 Å². The molecule has 4 aromatic heterocycles. The Morgan fingerprint density at radius 2 is 1.03 bits per heavy atom. The molecule has 0 atom stereocenters. The van der Waals surface area contributed by atoms with Gasteiger partial charge in [-0.15, -0.1) is 0 Å². The monoisotopic (exact) mass is 454 g/mol. The van der Waals surface area contributed by atoms with Gasteiger partial charge in [0.25, 0.3) is 0 Å². The largest absolute Gasteiger partial charge is 0.465 e. The van der Waals surface area contributed by atoms with Crippen LogP contribution in [0, 0.1) is 13.8 Å². The second kappa shape index (κ2) is 9.58. The van der Waals surface area contributed by atoms with E-state index in [9.17, 15) is 9.59 Å². The minimum absolute atomic E-state index is 0.284. The average molecular weight is 454 g/mol. The van der Waals surface area contributed by atoms with Crippen LogP contribution in [0.3, 0.4) is 0 Å². The number of pyridine rings is 4. The molecule has 170 valence electrons. The van der Waals surface area contributed by atoms with Gasteiger partial charge in [0, 0.05) is 12.4 Å². The number of aryl methyl sites for hydroxylation is 2. The van der Waals surface area contributed by atoms with Crippen LogP contribution >= 0.6 is 0 Å². The lowest BCUT2D eigenvalue weighted by Gasteiger charge is -2.11. The van der Waals surface area contributed by atoms with Gasteiger partial charge in [0.2, 0.25) is 0 Å². The van der Waals surface area contributed by atoms with Crippen molar-refractivity contribution < 1.29 is 19.1 Å². The first-order chi connectivity index (χ1) is 16.4. The van der Waals surface area contributed by atoms with Gasteiger partial charge in [-0.1, -0.05) is 0 Å². The fourth-order valence-corrected chi connectivity index (χ4v) is 3.45. The number of ether oxygens (including phenoxy) is 2. The minimum atomic E-state index is -0.526. The molecule has 0 bridgehead atoms. The van der Waals surface area contributed by atoms with Gasteiger partial charge in [0.1, 0.15) is 0 Å². The summed E-state index contributed by atoms with van der Waals surface area (Å²) in [5.41, 5.74) is 5.88. The van der Waals surface area contributed by atoms with E-state index < -0.39 is 11.9 Å². The normalized spacial score (nSPS) is 10.6. The first-order valence-corrected chi connectivity index (χ1v) is 10.4. The number of hydrogen-bond donors (Lipinski definition) is 0. The quantitative estimate of drug-likeness (QED) is 0.407. The van der Waals surface area contributed by atoms with Gasteiger partial charge >= 0.3 is 11.9 Å². The van der Waals surface area contributed by atoms with Crippen LogP contribution in [-0.2, 0) is 9.47 Å². The van der Waals surface area contributed by atoms with Crippen molar-refractivity contribution in [3.63, 3.8) is 0 Å². The van der Waals surface area contributed by atoms with Crippen molar-refractivity contribution in [1.82, 2.24) is 19.9 Å². The summed E-state index contributed by atoms with van der Waals surface area (Å²) in [5, 5.41) is 0. The highest BCUT2D eigenvalue weighted by molar-refractivity contribution is 5.93. The van der Waals surface area contributed by atoms with E-state index in [0.29, 0.717) is 34.0 Å². The Hall–Kier alpha value is -4.46. The molecule has 0 radical (unpaired) electrons. The van der Waals surface area contributed by atoms with Crippen LogP contribution in [0.15, 0.2) is 60.9 Å². The average Bonchev–Trinajstić information content (AvgIpc) is 2.87. The number of methoxy groups -OCH3 is 2. The topological polar surface area (TPSA) is 104 Å². The molecule has 4 aromatic rings. The van der Waals surface area contributed by atoms with E-state index in [-0.39, 0.29) is 5.56 Å². The number of nitrogens with zero attached hydrogens (tertiary/aromatic N) is 4. The zero-order valence-corrected chi connectivity index (χ0v) is 19.2. The molecule has 0 fully saturated rings. The summed E-state index contributed by atoms with van der Waals surface area (Å²) < 4.78 is 9.73. The zero-order valence-electron chi connectivity index (χ0n) is 19.2. The first kappa shape index (κ1) is 22.7. The second-order valence-corrected chi connectivity index (χ2v) is 7.67. The van der Waals surface area contributed by atoms with Crippen molar-refractivity contribution in [2.75, 3.05) is 14.2 Å². The van der Waals surface area contributed by atoms with Gasteiger partial charge in [-0.05, 0) is 73.5 Å². The second-order valence-electron chi connectivity index (χ2n) is 7.67. The molecule has 0 aliphatic carbocycles. The maximum atomic E-state index is 12.4. The molecule has 8 nitrogen and oxygen atoms in total. The summed E-state index contributed by atoms with van der Waals surface area (Å²) in [6, 6.07) is 14.0. The SMILES string of the molecule is COC(=O)c1ccnc(-c2cc(C(=O)OC)cc(-c3cc(C)cc(-c4cc(C)ccn4)n3)n2)c1. The lowest BCUT2D eigenvalue weighted by atomic mass is 10.1. The van der Waals surface area contributed by atoms with E-state index in [0.717, 1.165) is 16.8 Å². The summed E-state index contributed by atoms with van der Waals surface area (Å²) in [5.74, 6) is -1.02. The minimum Gasteiger partial charge on any atom is -0.465 e. The highest BCUT2D eigenvalue weighted by atomic mass is 16.5. The Balaban J connectivity index is 1.88. The van der Waals surface area contributed by atoms with Crippen molar-refractivity contribution in [1.29, 1.82) is 0 Å². The van der Waals surface area contributed by atoms with E-state index in [4.69, 9.17) is 19.4 Å². The standard InChI is InChI=1S/C26H22N4O4/c1-15-5-7-27-19(9-15)21-10-16(2)11-22(29-21)24-14-18(26(32)34-4)13-23(30-24)20-12-17(6-8-28-20)25(31)33-3/h5-14H,1-4H3. The van der Waals surface area contributed by atoms with Crippen LogP contribution in [0.1, 0.15) is 31.8 Å². The molecule has 4 heterocycles. The van der Waals surface area contributed by atoms with E-state index in [2.05, 4.69) is 9.97 Å². The molecule has 0 aliphatic rings. The fraction of sp³-hybridized carbons (Fsp3) is 0.154. The lowest BCUT2D eigenvalue weighted by Crippen LogP contribution is -2.05. The molecule has 0 amide bonds. The van der Waals surface area contributed by atoms with Gasteiger partial charge in [0.15, 0.2) is 0 Å². The number of carbonyl (C=O) groups excluding carboxylic acids is 2. The molecule has 0 aliphatic heterocycles. The number of rotatable bonds is 5. The predicted octanol–water partition coefficient (Wildman–Crippen LogP) is 4.46. The van der Waals surface area contributed by atoms with Crippen LogP contribution in [0.5, 0.6) is 0 Å². The van der Waals surface area contributed by atoms with Crippen LogP contribution < -0.4 is 0 Å². The van der Waals surface area contributed by atoms with Crippen molar-refractivity contribution in [2.45, 2.75) is 13.8 Å². The molecular formula is C26H22N4O4. The van der Waals surface area contributed by atoms with Crippen molar-refractivity contribution in [3.8, 4) is 34.2 Å². The Morgan fingerprint density at radius 1 is 0.588 bits per heavy atom. The van der Waals surface area contributed by atoms with E-state index in [1.54, 1.807) is 30.5 Å². The number of aromatic nitrogens is 4. The molecule has 0 unspecified atom stereocenters. The van der Waals surface area contributed by atoms with E-state index in [1.165, 1.54) is 20.4 Å². The Morgan fingerprint density at radius 3 is 1.65 bits per heavy atom. The summed E-state index contributed by atoms with van der Waals surface area (Å²) >= 11 is 0. The summed E-state index contributed by atoms with van der Waals surface area (Å²) in [7, 11) is 2.62. The zero-order chi connectivity index (χ0) is 24.2. The molecule has 0 saturated heterocycles. The highest BCUT2D eigenvalue weighted by Crippen LogP contribution is 2.27. The predicted molar refractivity (Wildman–Crippen MR) is 126 cm³/mol. The Labute approximate surface area is 196 Å². The highest BCUT2D eigenvalue weighted by Gasteiger charge is 2.17. The number of esters is 2. The first-order valence-electron chi connectivity index (χ1n) is 10.4. The van der Waals surface area contributed by atoms with Gasteiger partial charge in [-0.25, -0.2) is 19.6 Å². The third-order valence-electron chi connectivity index (χ3n) is 5.10. The van der Waals surface area contributed by atoms with Crippen LogP contribution in [-0.4, -0.2) is 46.1 Å². The Kier molecular flexibility index (Phi) is 6.40. The Bertz CT molecular complexity index is 1400. The maximum absolute atomic E-state index is 12.4. The summed E-state index contributed by atoms with van der Waals surface area (Å²) in [6.07, 6.45) is 3.22. The van der Waals surface area contributed by atoms with Crippen LogP contribution in [0.2, 0.25) is 0 Å². The summed E-state index contributed by atoms with van der Waals surface area (Å²) in [4.78, 5) is 42.6. The van der Waals surface area contributed by atoms with Crippen LogP contribution in [0.4, 0.5) is 0 Å². The maximum Gasteiger partial charge on any atom is 0.338 e. The van der Waals surface area contributed by atoms with Crippen molar-refractivity contribution in [2.24, 2.45) is 0 Å². The molecule has 34 heavy (non-hydrogen) atoms. The molecule has 0 saturated carbocycles. The summed E-state index contributed by atoms with van der Waals surface area (Å²) in [6.45, 7) is 3.95. The van der Waals surface area contributed by atoms with Crippen molar-refractivity contribution >= 4 is 11.9 Å². The van der Waals surface area contributed by atoms with E-state index in [1.807, 2.05) is 38.1 Å². The molecule has 0 aromatic carbocycles. The molecule has 8 heteroatoms. The smallest absolute Gasteiger partial charge is 0.338 e. The van der Waals surface area contributed by atoms with Gasteiger partial charge in [-0.2, -0.15) is 0 Å². The van der Waals surface area contributed by atoms with Gasteiger partial charge in [-0.3, -0.25) is 9.97 Å². The third kappa shape index (κ3) is 4.80. The van der Waals surface area contributed by atoms with Crippen molar-refractivity contribution in [3.05, 3.63) is 83.2 Å². The van der Waals surface area contributed by atoms with E-state index >= 15 is 0 Å². The molecule has 0 spiro atoms. The van der Waals surface area contributed by atoms with Gasteiger partial charge < -0.3 is 9.47 Å². The molecular weight excluding hydrogens is 432 g/mol. The fourth-order valence-electron chi connectivity index (χ4n) is 3.45. The lowest BCUT2D eigenvalue weighted by molar-refractivity contribution is 0.0591. The third-order valence-corrected chi connectivity index (χ3v) is 5.10. The number of carbonyl (C=O) groups is 2. The van der Waals surface area contributed by atoms with Gasteiger partial charge in [0.05, 0.1) is 59.5 Å². The molecule has 0 N–H and O–H groups in total.